The molecule has 1 aliphatic rings. The third-order valence-corrected chi connectivity index (χ3v) is 5.22. The number of hydrogen-bond donors (Lipinski definition) is 1. The number of amides is 1. The van der Waals surface area contributed by atoms with Gasteiger partial charge >= 0.3 is 0 Å². The summed E-state index contributed by atoms with van der Waals surface area (Å²) in [5, 5.41) is 29.0. The number of nitrogens with zero attached hydrogens (tertiary/aromatic N) is 6. The first-order valence-electron chi connectivity index (χ1n) is 9.90. The molecule has 3 aromatic rings. The second-order valence-corrected chi connectivity index (χ2v) is 7.24. The highest BCUT2D eigenvalue weighted by Crippen LogP contribution is 2.30. The number of nitriles is 1. The Bertz CT molecular complexity index is 1060. The highest BCUT2D eigenvalue weighted by molar-refractivity contribution is 5.95. The summed E-state index contributed by atoms with van der Waals surface area (Å²) >= 11 is 0. The van der Waals surface area contributed by atoms with Gasteiger partial charge in [0.05, 0.1) is 23.5 Å². The van der Waals surface area contributed by atoms with Crippen LogP contribution in [0.1, 0.15) is 36.8 Å². The largest absolute Gasteiger partial charge is 0.508 e. The highest BCUT2D eigenvalue weighted by atomic mass is 16.3. The smallest absolute Gasteiger partial charge is 0.227 e. The number of carbonyl (C=O) groups excluding carboxylic acids is 1. The molecule has 1 fully saturated rings. The number of benzene rings is 2. The van der Waals surface area contributed by atoms with E-state index in [9.17, 15) is 15.2 Å². The van der Waals surface area contributed by atoms with Crippen molar-refractivity contribution in [2.45, 2.75) is 32.2 Å². The zero-order valence-electron chi connectivity index (χ0n) is 16.5. The average molecular weight is 402 g/mol. The van der Waals surface area contributed by atoms with E-state index in [2.05, 4.69) is 16.3 Å². The monoisotopic (exact) mass is 402 g/mol. The topological polar surface area (TPSA) is 98.3 Å². The molecule has 0 saturated carbocycles. The van der Waals surface area contributed by atoms with Gasteiger partial charge < -0.3 is 10.0 Å². The fourth-order valence-corrected chi connectivity index (χ4v) is 3.64. The van der Waals surface area contributed by atoms with Crippen molar-refractivity contribution in [3.8, 4) is 11.8 Å². The van der Waals surface area contributed by atoms with Crippen molar-refractivity contribution in [3.05, 3.63) is 66.2 Å². The summed E-state index contributed by atoms with van der Waals surface area (Å²) in [5.74, 6) is 0.255. The first-order valence-corrected chi connectivity index (χ1v) is 9.90. The van der Waals surface area contributed by atoms with Gasteiger partial charge in [0.15, 0.2) is 0 Å². The summed E-state index contributed by atoms with van der Waals surface area (Å²) < 4.78 is 1.75. The van der Waals surface area contributed by atoms with Gasteiger partial charge in [0, 0.05) is 13.0 Å². The third kappa shape index (κ3) is 4.10. The molecule has 1 saturated heterocycles. The molecule has 1 N–H and O–H groups in total. The van der Waals surface area contributed by atoms with Crippen LogP contribution in [0.15, 0.2) is 55.1 Å². The molecule has 0 unspecified atom stereocenters. The summed E-state index contributed by atoms with van der Waals surface area (Å²) in [4.78, 5) is 14.4. The van der Waals surface area contributed by atoms with E-state index in [1.54, 1.807) is 40.4 Å². The maximum absolute atomic E-state index is 12.7. The molecule has 1 aliphatic heterocycles. The van der Waals surface area contributed by atoms with Crippen molar-refractivity contribution < 1.29 is 9.90 Å². The molecule has 30 heavy (non-hydrogen) atoms. The molecule has 1 amide bonds. The number of rotatable bonds is 5. The minimum atomic E-state index is 0.0514. The first-order chi connectivity index (χ1) is 14.7. The lowest BCUT2D eigenvalue weighted by atomic mass is 10.1. The maximum Gasteiger partial charge on any atom is 0.227 e. The van der Waals surface area contributed by atoms with E-state index in [0.29, 0.717) is 30.8 Å². The van der Waals surface area contributed by atoms with Crippen LogP contribution in [0.2, 0.25) is 0 Å². The van der Waals surface area contributed by atoms with Gasteiger partial charge in [-0.3, -0.25) is 9.80 Å². The molecule has 2 heterocycles. The Kier molecular flexibility index (Phi) is 5.61. The van der Waals surface area contributed by atoms with E-state index in [1.165, 1.54) is 0 Å². The highest BCUT2D eigenvalue weighted by Gasteiger charge is 2.22. The fraction of sp³-hybridized carbons (Fsp3) is 0.273. The van der Waals surface area contributed by atoms with Crippen LogP contribution in [0.3, 0.4) is 0 Å². The van der Waals surface area contributed by atoms with Gasteiger partial charge in [-0.25, -0.2) is 4.68 Å². The van der Waals surface area contributed by atoms with E-state index in [1.807, 2.05) is 29.3 Å². The molecular weight excluding hydrogens is 380 g/mol. The summed E-state index contributed by atoms with van der Waals surface area (Å²) in [7, 11) is 0. The zero-order chi connectivity index (χ0) is 20.9. The van der Waals surface area contributed by atoms with Gasteiger partial charge in [-0.1, -0.05) is 18.6 Å². The maximum atomic E-state index is 12.7. The Morgan fingerprint density at radius 1 is 1.07 bits per heavy atom. The quantitative estimate of drug-likeness (QED) is 0.704. The van der Waals surface area contributed by atoms with E-state index < -0.39 is 0 Å². The average Bonchev–Trinajstić information content (AvgIpc) is 3.21. The third-order valence-electron chi connectivity index (χ3n) is 5.22. The number of aromatic hydroxyl groups is 1. The molecule has 0 radical (unpaired) electrons. The molecule has 0 bridgehead atoms. The van der Waals surface area contributed by atoms with Crippen LogP contribution in [-0.4, -0.2) is 32.4 Å². The molecular formula is C22H22N6O2. The number of phenolic OH excluding ortho intramolecular Hbond substituents is 1. The van der Waals surface area contributed by atoms with Crippen molar-refractivity contribution in [2.24, 2.45) is 0 Å². The molecule has 152 valence electrons. The summed E-state index contributed by atoms with van der Waals surface area (Å²) in [6, 6.07) is 14.7. The van der Waals surface area contributed by atoms with Crippen molar-refractivity contribution >= 4 is 17.3 Å². The first kappa shape index (κ1) is 19.5. The number of aromatic nitrogens is 3. The Morgan fingerprint density at radius 3 is 2.57 bits per heavy atom. The Balaban J connectivity index is 1.74. The number of phenols is 1. The van der Waals surface area contributed by atoms with E-state index in [4.69, 9.17) is 0 Å². The number of hydrogen-bond acceptors (Lipinski definition) is 6. The van der Waals surface area contributed by atoms with Gasteiger partial charge in [0.1, 0.15) is 24.5 Å². The minimum Gasteiger partial charge on any atom is -0.508 e. The van der Waals surface area contributed by atoms with E-state index in [-0.39, 0.29) is 11.7 Å². The van der Waals surface area contributed by atoms with Gasteiger partial charge in [-0.2, -0.15) is 5.26 Å². The van der Waals surface area contributed by atoms with Gasteiger partial charge in [-0.05, 0) is 48.7 Å². The van der Waals surface area contributed by atoms with Crippen LogP contribution in [0.5, 0.6) is 5.75 Å². The van der Waals surface area contributed by atoms with Crippen LogP contribution in [0.4, 0.5) is 11.4 Å². The van der Waals surface area contributed by atoms with E-state index in [0.717, 1.165) is 30.5 Å². The van der Waals surface area contributed by atoms with Gasteiger partial charge in [0.25, 0.3) is 0 Å². The summed E-state index contributed by atoms with van der Waals surface area (Å²) in [6.45, 7) is 1.10. The van der Waals surface area contributed by atoms with Crippen molar-refractivity contribution in [1.82, 2.24) is 14.9 Å². The molecule has 2 aromatic carbocycles. The van der Waals surface area contributed by atoms with Crippen molar-refractivity contribution in [2.75, 3.05) is 16.5 Å². The summed E-state index contributed by atoms with van der Waals surface area (Å²) in [6.07, 6.45) is 6.49. The molecule has 0 spiro atoms. The second-order valence-electron chi connectivity index (χ2n) is 7.24. The lowest BCUT2D eigenvalue weighted by Crippen LogP contribution is -2.32. The molecule has 1 aromatic heterocycles. The second kappa shape index (κ2) is 8.66. The fourth-order valence-electron chi connectivity index (χ4n) is 3.64. The SMILES string of the molecule is N#Cc1ccc(N(Cc2ccc(O)cc2)n2cnnc2)cc1N1CCCCCC1=O. The van der Waals surface area contributed by atoms with E-state index >= 15 is 0 Å². The zero-order valence-corrected chi connectivity index (χ0v) is 16.5. The molecule has 8 heteroatoms. The normalized spacial score (nSPS) is 14.2. The van der Waals surface area contributed by atoms with Gasteiger partial charge in [0.2, 0.25) is 5.91 Å². The molecule has 0 aliphatic carbocycles. The lowest BCUT2D eigenvalue weighted by Gasteiger charge is -2.28. The van der Waals surface area contributed by atoms with Crippen molar-refractivity contribution in [3.63, 3.8) is 0 Å². The molecule has 0 atom stereocenters. The minimum absolute atomic E-state index is 0.0514. The Hall–Kier alpha value is -3.86. The number of carbonyl (C=O) groups is 1. The summed E-state index contributed by atoms with van der Waals surface area (Å²) in [5.41, 5.74) is 2.88. The van der Waals surface area contributed by atoms with Crippen LogP contribution in [-0.2, 0) is 11.3 Å². The Labute approximate surface area is 174 Å². The van der Waals surface area contributed by atoms with Gasteiger partial charge in [-0.15, -0.1) is 10.2 Å². The standard InChI is InChI=1S/C22H22N6O2/c23-13-18-7-8-19(12-21(18)27-11-3-1-2-4-22(27)30)28(26-15-24-25-16-26)14-17-5-9-20(29)10-6-17/h5-10,12,15-16,29H,1-4,11,14H2. The van der Waals surface area contributed by atoms with Crippen molar-refractivity contribution in [1.29, 1.82) is 5.26 Å². The lowest BCUT2D eigenvalue weighted by molar-refractivity contribution is -0.118. The Morgan fingerprint density at radius 2 is 1.83 bits per heavy atom. The predicted octanol–water partition coefficient (Wildman–Crippen LogP) is 3.23. The number of anilines is 2. The molecule has 8 nitrogen and oxygen atoms in total. The van der Waals surface area contributed by atoms with Crippen LogP contribution >= 0.6 is 0 Å². The van der Waals surface area contributed by atoms with Crippen LogP contribution < -0.4 is 9.91 Å². The van der Waals surface area contributed by atoms with Crippen LogP contribution in [0.25, 0.3) is 0 Å². The van der Waals surface area contributed by atoms with Crippen LogP contribution in [0, 0.1) is 11.3 Å². The molecule has 4 rings (SSSR count). The predicted molar refractivity (Wildman–Crippen MR) is 112 cm³/mol.